The van der Waals surface area contributed by atoms with Gasteiger partial charge in [0.25, 0.3) is 0 Å². The van der Waals surface area contributed by atoms with Gasteiger partial charge in [0, 0.05) is 0 Å². The summed E-state index contributed by atoms with van der Waals surface area (Å²) in [7, 11) is -3.71. The van der Waals surface area contributed by atoms with Gasteiger partial charge in [0.1, 0.15) is 5.54 Å². The topological polar surface area (TPSA) is 61.2 Å². The molecule has 0 atom stereocenters. The fourth-order valence-corrected chi connectivity index (χ4v) is 4.39. The molecule has 18 heavy (non-hydrogen) atoms. The third kappa shape index (κ3) is 4.78. The summed E-state index contributed by atoms with van der Waals surface area (Å²) in [6.45, 7) is 4.29. The largest absolute Gasteiger partial charge is 0.224 e. The lowest BCUT2D eigenvalue weighted by molar-refractivity contribution is 0.430. The highest BCUT2D eigenvalue weighted by atomic mass is 35.5. The molecule has 106 valence electrons. The van der Waals surface area contributed by atoms with Gasteiger partial charge in [-0.25, -0.2) is 8.42 Å². The predicted molar refractivity (Wildman–Crippen MR) is 78.5 cm³/mol. The molecule has 0 aromatic carbocycles. The van der Waals surface area contributed by atoms with E-state index in [0.29, 0.717) is 11.9 Å². The highest BCUT2D eigenvalue weighted by Crippen LogP contribution is 2.47. The van der Waals surface area contributed by atoms with Crippen LogP contribution in [0, 0.1) is 11.3 Å². The molecule has 0 aromatic rings. The van der Waals surface area contributed by atoms with E-state index in [2.05, 4.69) is 0 Å². The Kier molecular flexibility index (Phi) is 6.91. The van der Waals surface area contributed by atoms with Gasteiger partial charge in [-0.15, -0.1) is 26.9 Å². The Morgan fingerprint density at radius 1 is 1.39 bits per heavy atom. The average molecular weight is 374 g/mol. The monoisotopic (exact) mass is 372 g/mol. The first-order chi connectivity index (χ1) is 7.90. The zero-order valence-corrected chi connectivity index (χ0v) is 14.5. The maximum Gasteiger partial charge on any atom is 0.224 e. The normalized spacial score (nSPS) is 14.0. The highest BCUT2D eigenvalue weighted by Gasteiger charge is 2.45. The Labute approximate surface area is 132 Å². The van der Waals surface area contributed by atoms with Crippen LogP contribution in [0.25, 0.3) is 0 Å². The number of rotatable bonds is 6. The van der Waals surface area contributed by atoms with Crippen molar-refractivity contribution in [2.75, 3.05) is 5.75 Å². The van der Waals surface area contributed by atoms with Crippen molar-refractivity contribution in [2.24, 2.45) is 0 Å². The van der Waals surface area contributed by atoms with Crippen molar-refractivity contribution in [3.63, 3.8) is 0 Å². The van der Waals surface area contributed by atoms with Gasteiger partial charge in [0.05, 0.1) is 11.8 Å². The molecule has 0 heterocycles. The van der Waals surface area contributed by atoms with Gasteiger partial charge >= 0.3 is 0 Å². The van der Waals surface area contributed by atoms with E-state index in [1.54, 1.807) is 0 Å². The van der Waals surface area contributed by atoms with Crippen molar-refractivity contribution < 1.29 is 8.42 Å². The Hall–Kier alpha value is 0.910. The fraction of sp³-hybridized carbons (Fsp3) is 0.875. The number of hydrogen-bond acceptors (Lipinski definition) is 4. The number of nitrogens with zero attached hydrogens (tertiary/aromatic N) is 2. The van der Waals surface area contributed by atoms with Crippen LogP contribution in [-0.2, 0) is 10.0 Å². The van der Waals surface area contributed by atoms with Crippen LogP contribution in [0.4, 0.5) is 0 Å². The molecule has 4 nitrogen and oxygen atoms in total. The van der Waals surface area contributed by atoms with Crippen LogP contribution >= 0.6 is 58.4 Å². The van der Waals surface area contributed by atoms with Gasteiger partial charge in [0.15, 0.2) is 4.84 Å². The van der Waals surface area contributed by atoms with E-state index in [1.165, 1.54) is 20.8 Å². The molecule has 0 unspecified atom stereocenters. The Balaban J connectivity index is 5.50. The highest BCUT2D eigenvalue weighted by molar-refractivity contribution is 8.11. The van der Waals surface area contributed by atoms with Crippen molar-refractivity contribution >= 4 is 68.4 Å². The number of alkyl halides is 4. The molecular formula is C8H12Cl4N2O2S2. The quantitative estimate of drug-likeness (QED) is 0.527. The van der Waals surface area contributed by atoms with Crippen LogP contribution in [0.5, 0.6) is 0 Å². The summed E-state index contributed by atoms with van der Waals surface area (Å²) in [6.07, 6.45) is 0. The third-order valence-electron chi connectivity index (χ3n) is 1.81. The molecule has 0 amide bonds. The molecule has 0 rings (SSSR count). The molecule has 0 aliphatic rings. The summed E-state index contributed by atoms with van der Waals surface area (Å²) in [5.41, 5.74) is -1.34. The molecule has 0 aliphatic carbocycles. The Morgan fingerprint density at radius 3 is 2.11 bits per heavy atom. The van der Waals surface area contributed by atoms with Crippen molar-refractivity contribution in [2.45, 2.75) is 34.8 Å². The zero-order chi connectivity index (χ0) is 14.8. The van der Waals surface area contributed by atoms with Crippen LogP contribution in [-0.4, -0.2) is 31.9 Å². The SMILES string of the molecule is CCS(=O)(=O)N(SC(Cl)(Cl)C(Cl)Cl)C(C)(C)C#N. The smallest absolute Gasteiger partial charge is 0.211 e. The standard InChI is InChI=1S/C8H12Cl4N2O2S2/c1-4-18(15,16)14(7(2,3)5-13)17-8(11,12)6(9)10/h6H,4H2,1-3H3. The van der Waals surface area contributed by atoms with E-state index < -0.39 is 24.1 Å². The molecule has 0 spiro atoms. The van der Waals surface area contributed by atoms with Crippen LogP contribution < -0.4 is 0 Å². The lowest BCUT2D eigenvalue weighted by Gasteiger charge is -2.34. The first-order valence-electron chi connectivity index (χ1n) is 4.70. The van der Waals surface area contributed by atoms with E-state index in [1.807, 2.05) is 6.07 Å². The molecule has 0 bridgehead atoms. The second-order valence-electron chi connectivity index (χ2n) is 3.75. The summed E-state index contributed by atoms with van der Waals surface area (Å²) < 4.78 is 23.0. The van der Waals surface area contributed by atoms with Gasteiger partial charge < -0.3 is 0 Å². The van der Waals surface area contributed by atoms with Gasteiger partial charge in [-0.2, -0.15) is 5.26 Å². The van der Waals surface area contributed by atoms with E-state index in [9.17, 15) is 8.42 Å². The second kappa shape index (κ2) is 6.57. The van der Waals surface area contributed by atoms with Gasteiger partial charge in [-0.3, -0.25) is 0 Å². The van der Waals surface area contributed by atoms with Crippen molar-refractivity contribution in [3.8, 4) is 6.07 Å². The first-order valence-corrected chi connectivity index (χ1v) is 8.71. The summed E-state index contributed by atoms with van der Waals surface area (Å²) >= 11 is 23.3. The minimum absolute atomic E-state index is 0.204. The van der Waals surface area contributed by atoms with E-state index in [0.717, 1.165) is 3.71 Å². The van der Waals surface area contributed by atoms with Crippen molar-refractivity contribution in [1.82, 2.24) is 3.71 Å². The molecule has 0 fully saturated rings. The maximum absolute atomic E-state index is 12.0. The third-order valence-corrected chi connectivity index (χ3v) is 7.71. The summed E-state index contributed by atoms with van der Waals surface area (Å²) in [4.78, 5) is -1.23. The lowest BCUT2D eigenvalue weighted by atomic mass is 10.1. The minimum Gasteiger partial charge on any atom is -0.211 e. The maximum atomic E-state index is 12.0. The van der Waals surface area contributed by atoms with Crippen LogP contribution in [0.2, 0.25) is 0 Å². The molecular weight excluding hydrogens is 362 g/mol. The predicted octanol–water partition coefficient (Wildman–Crippen LogP) is 3.52. The molecule has 0 aliphatic heterocycles. The summed E-state index contributed by atoms with van der Waals surface area (Å²) in [5, 5.41) is 9.04. The van der Waals surface area contributed by atoms with Gasteiger partial charge in [-0.1, -0.05) is 23.2 Å². The minimum atomic E-state index is -3.71. The molecule has 0 aromatic heterocycles. The first kappa shape index (κ1) is 18.9. The van der Waals surface area contributed by atoms with Crippen molar-refractivity contribution in [1.29, 1.82) is 5.26 Å². The molecule has 0 saturated carbocycles. The van der Waals surface area contributed by atoms with Crippen LogP contribution in [0.1, 0.15) is 20.8 Å². The summed E-state index contributed by atoms with van der Waals surface area (Å²) in [6, 6.07) is 1.87. The number of hydrogen-bond donors (Lipinski definition) is 0. The molecule has 0 radical (unpaired) electrons. The van der Waals surface area contributed by atoms with Crippen LogP contribution in [0.3, 0.4) is 0 Å². The fourth-order valence-electron chi connectivity index (χ4n) is 0.827. The van der Waals surface area contributed by atoms with Crippen molar-refractivity contribution in [3.05, 3.63) is 0 Å². The van der Waals surface area contributed by atoms with Crippen LogP contribution in [0.15, 0.2) is 0 Å². The summed E-state index contributed by atoms with van der Waals surface area (Å²) in [5.74, 6) is -0.204. The van der Waals surface area contributed by atoms with E-state index in [-0.39, 0.29) is 5.75 Å². The number of nitriles is 1. The van der Waals surface area contributed by atoms with Gasteiger partial charge in [-0.05, 0) is 32.7 Å². The molecule has 0 saturated heterocycles. The Morgan fingerprint density at radius 2 is 1.83 bits per heavy atom. The molecule has 0 N–H and O–H groups in total. The average Bonchev–Trinajstić information content (AvgIpc) is 2.25. The second-order valence-corrected chi connectivity index (χ2v) is 10.2. The number of halogens is 4. The van der Waals surface area contributed by atoms with E-state index >= 15 is 0 Å². The van der Waals surface area contributed by atoms with Gasteiger partial charge in [0.2, 0.25) is 13.7 Å². The molecule has 10 heteroatoms. The Bertz CT molecular complexity index is 431. The zero-order valence-electron chi connectivity index (χ0n) is 9.82. The number of sulfonamides is 1. The van der Waals surface area contributed by atoms with E-state index in [4.69, 9.17) is 51.7 Å². The lowest BCUT2D eigenvalue weighted by Crippen LogP contribution is -2.45.